The van der Waals surface area contributed by atoms with E-state index in [1.54, 1.807) is 0 Å². The van der Waals surface area contributed by atoms with E-state index in [0.717, 1.165) is 52.1 Å². The second-order valence-electron chi connectivity index (χ2n) is 6.30. The third-order valence-electron chi connectivity index (χ3n) is 3.91. The number of aliphatic hydroxyl groups is 2. The first-order chi connectivity index (χ1) is 8.28. The Morgan fingerprint density at radius 1 is 0.833 bits per heavy atom. The summed E-state index contributed by atoms with van der Waals surface area (Å²) in [5, 5.41) is 20.1. The lowest BCUT2D eigenvalue weighted by Gasteiger charge is -2.40. The van der Waals surface area contributed by atoms with Crippen molar-refractivity contribution in [2.24, 2.45) is 0 Å². The molecule has 0 atom stereocenters. The molecule has 2 N–H and O–H groups in total. The lowest BCUT2D eigenvalue weighted by Crippen LogP contribution is -2.53. The molecule has 1 fully saturated rings. The second kappa shape index (κ2) is 6.33. The normalized spacial score (nSPS) is 20.3. The van der Waals surface area contributed by atoms with Crippen molar-refractivity contribution >= 4 is 0 Å². The topological polar surface area (TPSA) is 46.9 Å². The molecule has 0 bridgehead atoms. The minimum Gasteiger partial charge on any atom is -0.389 e. The molecule has 18 heavy (non-hydrogen) atoms. The van der Waals surface area contributed by atoms with E-state index in [0.29, 0.717) is 0 Å². The zero-order chi connectivity index (χ0) is 13.8. The van der Waals surface area contributed by atoms with Crippen LogP contribution in [0.25, 0.3) is 0 Å². The summed E-state index contributed by atoms with van der Waals surface area (Å²) in [4.78, 5) is 4.64. The smallest absolute Gasteiger partial charge is 0.0768 e. The molecular formula is C14H30N2O2. The van der Waals surface area contributed by atoms with E-state index in [9.17, 15) is 10.2 Å². The van der Waals surface area contributed by atoms with Crippen LogP contribution in [0.15, 0.2) is 0 Å². The average molecular weight is 258 g/mol. The van der Waals surface area contributed by atoms with Gasteiger partial charge in [0.25, 0.3) is 0 Å². The summed E-state index contributed by atoms with van der Waals surface area (Å²) in [5.74, 6) is 0. The van der Waals surface area contributed by atoms with E-state index >= 15 is 0 Å². The van der Waals surface area contributed by atoms with Crippen LogP contribution in [0.4, 0.5) is 0 Å². The maximum Gasteiger partial charge on any atom is 0.0768 e. The van der Waals surface area contributed by atoms with Crippen LogP contribution < -0.4 is 0 Å². The average Bonchev–Trinajstić information content (AvgIpc) is 2.30. The Kier molecular flexibility index (Phi) is 5.59. The Balaban J connectivity index is 2.35. The maximum absolute atomic E-state index is 10.3. The molecule has 0 amide bonds. The Labute approximate surface area is 112 Å². The standard InChI is InChI=1S/C14H30N2O2/c1-5-14(18,6-2)12-16-9-7-15(8-10-16)11-13(3,4)17/h17-18H,5-12H2,1-4H3. The van der Waals surface area contributed by atoms with Crippen molar-refractivity contribution in [3.05, 3.63) is 0 Å². The highest BCUT2D eigenvalue weighted by Crippen LogP contribution is 2.18. The number of hydrogen-bond donors (Lipinski definition) is 2. The molecule has 1 rings (SSSR count). The van der Waals surface area contributed by atoms with Crippen molar-refractivity contribution in [1.82, 2.24) is 9.80 Å². The lowest BCUT2D eigenvalue weighted by molar-refractivity contribution is -0.0264. The number of piperazine rings is 1. The molecule has 1 heterocycles. The third kappa shape index (κ3) is 5.22. The van der Waals surface area contributed by atoms with Gasteiger partial charge in [0.15, 0.2) is 0 Å². The second-order valence-corrected chi connectivity index (χ2v) is 6.30. The highest BCUT2D eigenvalue weighted by atomic mass is 16.3. The van der Waals surface area contributed by atoms with Gasteiger partial charge in [-0.1, -0.05) is 13.8 Å². The molecule has 0 aromatic carbocycles. The number of nitrogens with zero attached hydrogens (tertiary/aromatic N) is 2. The van der Waals surface area contributed by atoms with Gasteiger partial charge in [-0.25, -0.2) is 0 Å². The van der Waals surface area contributed by atoms with Crippen LogP contribution in [-0.2, 0) is 0 Å². The summed E-state index contributed by atoms with van der Waals surface area (Å²) in [6.45, 7) is 13.2. The van der Waals surface area contributed by atoms with Crippen molar-refractivity contribution in [3.63, 3.8) is 0 Å². The summed E-state index contributed by atoms with van der Waals surface area (Å²) in [5.41, 5.74) is -1.14. The van der Waals surface area contributed by atoms with Gasteiger partial charge in [-0.05, 0) is 26.7 Å². The molecule has 4 heteroatoms. The van der Waals surface area contributed by atoms with Gasteiger partial charge < -0.3 is 10.2 Å². The molecule has 1 aliphatic rings. The van der Waals surface area contributed by atoms with Crippen LogP contribution in [0.3, 0.4) is 0 Å². The molecular weight excluding hydrogens is 228 g/mol. The molecule has 0 radical (unpaired) electrons. The van der Waals surface area contributed by atoms with Crippen molar-refractivity contribution in [2.75, 3.05) is 39.3 Å². The maximum atomic E-state index is 10.3. The highest BCUT2D eigenvalue weighted by molar-refractivity contribution is 4.84. The SMILES string of the molecule is CCC(O)(CC)CN1CCN(CC(C)(C)O)CC1. The summed E-state index contributed by atoms with van der Waals surface area (Å²) >= 11 is 0. The summed E-state index contributed by atoms with van der Waals surface area (Å²) in [6, 6.07) is 0. The number of hydrogen-bond acceptors (Lipinski definition) is 4. The predicted molar refractivity (Wildman–Crippen MR) is 74.7 cm³/mol. The Morgan fingerprint density at radius 2 is 1.22 bits per heavy atom. The van der Waals surface area contributed by atoms with Gasteiger partial charge >= 0.3 is 0 Å². The molecule has 0 aliphatic carbocycles. The molecule has 4 nitrogen and oxygen atoms in total. The summed E-state index contributed by atoms with van der Waals surface area (Å²) in [6.07, 6.45) is 1.63. The molecule has 0 spiro atoms. The molecule has 0 aromatic heterocycles. The first-order valence-corrected chi connectivity index (χ1v) is 7.17. The van der Waals surface area contributed by atoms with Crippen molar-refractivity contribution < 1.29 is 10.2 Å². The van der Waals surface area contributed by atoms with Crippen molar-refractivity contribution in [2.45, 2.75) is 51.7 Å². The van der Waals surface area contributed by atoms with Crippen LogP contribution in [0, 0.1) is 0 Å². The summed E-state index contributed by atoms with van der Waals surface area (Å²) < 4.78 is 0. The molecule has 108 valence electrons. The highest BCUT2D eigenvalue weighted by Gasteiger charge is 2.28. The first kappa shape index (κ1) is 15.9. The monoisotopic (exact) mass is 258 g/mol. The lowest BCUT2D eigenvalue weighted by atomic mass is 9.96. The Morgan fingerprint density at radius 3 is 1.56 bits per heavy atom. The zero-order valence-corrected chi connectivity index (χ0v) is 12.4. The minimum absolute atomic E-state index is 0.529. The third-order valence-corrected chi connectivity index (χ3v) is 3.91. The van der Waals surface area contributed by atoms with Crippen LogP contribution in [0.5, 0.6) is 0 Å². The van der Waals surface area contributed by atoms with Crippen LogP contribution in [0.2, 0.25) is 0 Å². The fourth-order valence-corrected chi connectivity index (χ4v) is 2.54. The van der Waals surface area contributed by atoms with E-state index in [1.165, 1.54) is 0 Å². The predicted octanol–water partition coefficient (Wildman–Crippen LogP) is 0.926. The van der Waals surface area contributed by atoms with Crippen LogP contribution in [-0.4, -0.2) is 70.5 Å². The Bertz CT molecular complexity index is 239. The molecule has 1 saturated heterocycles. The van der Waals surface area contributed by atoms with Gasteiger partial charge in [-0.2, -0.15) is 0 Å². The zero-order valence-electron chi connectivity index (χ0n) is 12.4. The van der Waals surface area contributed by atoms with Gasteiger partial charge in [0.1, 0.15) is 0 Å². The van der Waals surface area contributed by atoms with E-state index in [2.05, 4.69) is 9.80 Å². The quantitative estimate of drug-likeness (QED) is 0.744. The first-order valence-electron chi connectivity index (χ1n) is 7.17. The molecule has 0 aromatic rings. The fourth-order valence-electron chi connectivity index (χ4n) is 2.54. The fraction of sp³-hybridized carbons (Fsp3) is 1.00. The van der Waals surface area contributed by atoms with Crippen LogP contribution in [0.1, 0.15) is 40.5 Å². The van der Waals surface area contributed by atoms with Gasteiger partial charge in [-0.15, -0.1) is 0 Å². The summed E-state index contributed by atoms with van der Waals surface area (Å²) in [7, 11) is 0. The van der Waals surface area contributed by atoms with E-state index in [4.69, 9.17) is 0 Å². The minimum atomic E-state index is -0.615. The Hall–Kier alpha value is -0.160. The molecule has 1 aliphatic heterocycles. The van der Waals surface area contributed by atoms with E-state index in [1.807, 2.05) is 27.7 Å². The number of rotatable bonds is 6. The largest absolute Gasteiger partial charge is 0.389 e. The molecule has 0 unspecified atom stereocenters. The van der Waals surface area contributed by atoms with Crippen LogP contribution >= 0.6 is 0 Å². The van der Waals surface area contributed by atoms with Crippen molar-refractivity contribution in [1.29, 1.82) is 0 Å². The molecule has 0 saturated carbocycles. The van der Waals surface area contributed by atoms with Crippen molar-refractivity contribution in [3.8, 4) is 0 Å². The van der Waals surface area contributed by atoms with Gasteiger partial charge in [0.05, 0.1) is 11.2 Å². The van der Waals surface area contributed by atoms with Gasteiger partial charge in [0, 0.05) is 39.3 Å². The van der Waals surface area contributed by atoms with E-state index < -0.39 is 11.2 Å². The van der Waals surface area contributed by atoms with E-state index in [-0.39, 0.29) is 0 Å². The van der Waals surface area contributed by atoms with Gasteiger partial charge in [-0.3, -0.25) is 9.80 Å². The number of β-amino-alcohol motifs (C(OH)–C–C–N with tert-alkyl or cyclic N) is 2. The van der Waals surface area contributed by atoms with Gasteiger partial charge in [0.2, 0.25) is 0 Å².